The van der Waals surface area contributed by atoms with E-state index in [1.165, 1.54) is 36.6 Å². The average molecular weight is 412 g/mol. The zero-order valence-electron chi connectivity index (χ0n) is 17.2. The van der Waals surface area contributed by atoms with Gasteiger partial charge in [-0.3, -0.25) is 13.6 Å². The second-order valence-electron chi connectivity index (χ2n) is 8.48. The van der Waals surface area contributed by atoms with Crippen molar-refractivity contribution in [2.45, 2.75) is 44.6 Å². The minimum absolute atomic E-state index is 0.593. The fourth-order valence-corrected chi connectivity index (χ4v) is 5.40. The maximum atomic E-state index is 5.52. The van der Waals surface area contributed by atoms with Gasteiger partial charge in [0.2, 0.25) is 0 Å². The first-order valence-corrected chi connectivity index (χ1v) is 11.0. The van der Waals surface area contributed by atoms with E-state index in [4.69, 9.17) is 9.72 Å². The average Bonchev–Trinajstić information content (AvgIpc) is 3.26. The third kappa shape index (κ3) is 3.60. The van der Waals surface area contributed by atoms with E-state index in [1.807, 2.05) is 15.7 Å². The zero-order valence-corrected chi connectivity index (χ0v) is 18.1. The highest BCUT2D eigenvalue weighted by molar-refractivity contribution is 7.78. The molecule has 1 aliphatic carbocycles. The molecule has 3 aromatic heterocycles. The SMILES string of the molecule is Cc1nn(C)cc1-c1cn(S)c2ncc(C3CCC(N4CCOCC4)CC3)cc12. The van der Waals surface area contributed by atoms with Gasteiger partial charge in [-0.05, 0) is 50.2 Å². The van der Waals surface area contributed by atoms with Crippen molar-refractivity contribution in [3.05, 3.63) is 35.9 Å². The second kappa shape index (κ2) is 7.78. The van der Waals surface area contributed by atoms with Gasteiger partial charge >= 0.3 is 0 Å². The number of thiol groups is 1. The molecule has 1 saturated heterocycles. The highest BCUT2D eigenvalue weighted by Gasteiger charge is 2.28. The van der Waals surface area contributed by atoms with E-state index in [0.29, 0.717) is 5.92 Å². The van der Waals surface area contributed by atoms with Crippen LogP contribution in [0.2, 0.25) is 0 Å². The van der Waals surface area contributed by atoms with Gasteiger partial charge in [0.15, 0.2) is 0 Å². The van der Waals surface area contributed by atoms with Crippen molar-refractivity contribution < 1.29 is 4.74 Å². The van der Waals surface area contributed by atoms with Crippen molar-refractivity contribution in [2.24, 2.45) is 7.05 Å². The van der Waals surface area contributed by atoms with Crippen LogP contribution in [0.15, 0.2) is 24.7 Å². The summed E-state index contributed by atoms with van der Waals surface area (Å²) in [6.07, 6.45) is 11.2. The van der Waals surface area contributed by atoms with Gasteiger partial charge in [-0.1, -0.05) is 12.8 Å². The Morgan fingerprint density at radius 1 is 1.07 bits per heavy atom. The van der Waals surface area contributed by atoms with Crippen LogP contribution in [0.1, 0.15) is 42.9 Å². The van der Waals surface area contributed by atoms with Crippen LogP contribution in [0.4, 0.5) is 0 Å². The lowest BCUT2D eigenvalue weighted by Gasteiger charge is -2.38. The highest BCUT2D eigenvalue weighted by Crippen LogP contribution is 2.38. The summed E-state index contributed by atoms with van der Waals surface area (Å²) >= 11 is 4.61. The summed E-state index contributed by atoms with van der Waals surface area (Å²) in [5.74, 6) is 0.593. The molecule has 3 aromatic rings. The molecule has 154 valence electrons. The standard InChI is InChI=1S/C22H29N5OS/c1-15-20(13-25(2)24-15)21-14-27(29)22-19(21)11-17(12-23-22)16-3-5-18(6-4-16)26-7-9-28-10-8-26/h11-14,16,18,29H,3-10H2,1-2H3. The molecular weight excluding hydrogens is 382 g/mol. The molecular formula is C22H29N5OS. The first-order valence-electron chi connectivity index (χ1n) is 10.6. The molecule has 0 bridgehead atoms. The summed E-state index contributed by atoms with van der Waals surface area (Å²) in [7, 11) is 1.97. The van der Waals surface area contributed by atoms with Crippen molar-refractivity contribution in [3.8, 4) is 11.1 Å². The van der Waals surface area contributed by atoms with E-state index >= 15 is 0 Å². The van der Waals surface area contributed by atoms with Gasteiger partial charge in [0.1, 0.15) is 5.65 Å². The van der Waals surface area contributed by atoms with Crippen LogP contribution in [0, 0.1) is 6.92 Å². The maximum absolute atomic E-state index is 5.52. The number of rotatable bonds is 3. The minimum Gasteiger partial charge on any atom is -0.379 e. The largest absolute Gasteiger partial charge is 0.379 e. The summed E-state index contributed by atoms with van der Waals surface area (Å²) < 4.78 is 9.22. The summed E-state index contributed by atoms with van der Waals surface area (Å²) in [4.78, 5) is 7.41. The summed E-state index contributed by atoms with van der Waals surface area (Å²) in [5, 5.41) is 5.69. The van der Waals surface area contributed by atoms with Crippen molar-refractivity contribution in [2.75, 3.05) is 26.3 Å². The van der Waals surface area contributed by atoms with E-state index < -0.39 is 0 Å². The Morgan fingerprint density at radius 2 is 1.83 bits per heavy atom. The Labute approximate surface area is 177 Å². The van der Waals surface area contributed by atoms with Crippen molar-refractivity contribution in [1.82, 2.24) is 23.6 Å². The molecule has 6 nitrogen and oxygen atoms in total. The van der Waals surface area contributed by atoms with Gasteiger partial charge in [-0.15, -0.1) is 0 Å². The highest BCUT2D eigenvalue weighted by atomic mass is 32.1. The quantitative estimate of drug-likeness (QED) is 0.666. The third-order valence-electron chi connectivity index (χ3n) is 6.68. The number of hydrogen-bond donors (Lipinski definition) is 1. The van der Waals surface area contributed by atoms with Gasteiger partial charge in [0.25, 0.3) is 0 Å². The van der Waals surface area contributed by atoms with Crippen LogP contribution in [0.5, 0.6) is 0 Å². The Balaban J connectivity index is 1.40. The van der Waals surface area contributed by atoms with E-state index in [2.05, 4.69) is 54.4 Å². The van der Waals surface area contributed by atoms with Crippen LogP contribution >= 0.6 is 12.8 Å². The number of fused-ring (bicyclic) bond motifs is 1. The molecule has 0 radical (unpaired) electrons. The molecule has 2 aliphatic rings. The summed E-state index contributed by atoms with van der Waals surface area (Å²) in [6, 6.07) is 3.07. The predicted octanol–water partition coefficient (Wildman–Crippen LogP) is 3.80. The lowest BCUT2D eigenvalue weighted by atomic mass is 9.81. The van der Waals surface area contributed by atoms with E-state index in [9.17, 15) is 0 Å². The summed E-state index contributed by atoms with van der Waals surface area (Å²) in [6.45, 7) is 6.01. The van der Waals surface area contributed by atoms with Crippen molar-refractivity contribution >= 4 is 23.8 Å². The predicted molar refractivity (Wildman–Crippen MR) is 118 cm³/mol. The first kappa shape index (κ1) is 19.2. The van der Waals surface area contributed by atoms with E-state index in [0.717, 1.165) is 54.8 Å². The van der Waals surface area contributed by atoms with Crippen LogP contribution in [-0.4, -0.2) is 56.0 Å². The fourth-order valence-electron chi connectivity index (χ4n) is 5.13. The van der Waals surface area contributed by atoms with Gasteiger partial charge < -0.3 is 4.74 Å². The molecule has 0 N–H and O–H groups in total. The number of aromatic nitrogens is 4. The van der Waals surface area contributed by atoms with Crippen molar-refractivity contribution in [1.29, 1.82) is 0 Å². The molecule has 4 heterocycles. The van der Waals surface area contributed by atoms with E-state index in [-0.39, 0.29) is 0 Å². The number of morpholine rings is 1. The molecule has 0 spiro atoms. The maximum Gasteiger partial charge on any atom is 0.150 e. The second-order valence-corrected chi connectivity index (χ2v) is 8.91. The van der Waals surface area contributed by atoms with Gasteiger partial charge in [-0.2, -0.15) is 5.10 Å². The molecule has 0 atom stereocenters. The minimum atomic E-state index is 0.593. The number of pyridine rings is 1. The summed E-state index contributed by atoms with van der Waals surface area (Å²) in [5.41, 5.74) is 5.62. The zero-order chi connectivity index (χ0) is 20.0. The van der Waals surface area contributed by atoms with Gasteiger partial charge in [0.05, 0.1) is 18.9 Å². The molecule has 0 aromatic carbocycles. The van der Waals surface area contributed by atoms with E-state index in [1.54, 1.807) is 0 Å². The monoisotopic (exact) mass is 411 g/mol. The first-order chi connectivity index (χ1) is 14.1. The van der Waals surface area contributed by atoms with Gasteiger partial charge in [-0.25, -0.2) is 4.98 Å². The molecule has 1 aliphatic heterocycles. The normalized spacial score (nSPS) is 23.7. The molecule has 0 amide bonds. The lowest BCUT2D eigenvalue weighted by molar-refractivity contribution is 0.00729. The lowest BCUT2D eigenvalue weighted by Crippen LogP contribution is -2.44. The van der Waals surface area contributed by atoms with Crippen LogP contribution in [0.3, 0.4) is 0 Å². The number of aryl methyl sites for hydroxylation is 2. The van der Waals surface area contributed by atoms with Gasteiger partial charge in [0, 0.05) is 61.3 Å². The fraction of sp³-hybridized carbons (Fsp3) is 0.545. The van der Waals surface area contributed by atoms with Crippen LogP contribution < -0.4 is 0 Å². The number of nitrogens with zero attached hydrogens (tertiary/aromatic N) is 5. The van der Waals surface area contributed by atoms with Crippen molar-refractivity contribution in [3.63, 3.8) is 0 Å². The molecule has 0 unspecified atom stereocenters. The van der Waals surface area contributed by atoms with Crippen LogP contribution in [-0.2, 0) is 11.8 Å². The number of ether oxygens (including phenoxy) is 1. The molecule has 7 heteroatoms. The van der Waals surface area contributed by atoms with Crippen LogP contribution in [0.25, 0.3) is 22.2 Å². The third-order valence-corrected chi connectivity index (χ3v) is 6.99. The molecule has 2 fully saturated rings. The molecule has 1 saturated carbocycles. The Morgan fingerprint density at radius 3 is 2.52 bits per heavy atom. The Kier molecular flexibility index (Phi) is 5.14. The Bertz CT molecular complexity index is 1010. The number of hydrogen-bond acceptors (Lipinski definition) is 5. The topological polar surface area (TPSA) is 48.1 Å². The molecule has 29 heavy (non-hydrogen) atoms. The molecule has 5 rings (SSSR count). The smallest absolute Gasteiger partial charge is 0.150 e. The Hall–Kier alpha value is -1.83.